The average molecular weight is 462 g/mol. The lowest BCUT2D eigenvalue weighted by molar-refractivity contribution is -0.155. The predicted octanol–water partition coefficient (Wildman–Crippen LogP) is 3.22. The van der Waals surface area contributed by atoms with Crippen LogP contribution < -0.4 is 5.32 Å². The Morgan fingerprint density at radius 3 is 2.44 bits per heavy atom. The van der Waals surface area contributed by atoms with Crippen LogP contribution in [0.1, 0.15) is 44.9 Å². The molecule has 2 unspecified atom stereocenters. The Morgan fingerprint density at radius 2 is 1.88 bits per heavy atom. The Hall–Kier alpha value is -2.87. The maximum atomic E-state index is 12.9. The lowest BCUT2D eigenvalue weighted by Crippen LogP contribution is -2.49. The summed E-state index contributed by atoms with van der Waals surface area (Å²) in [5, 5.41) is 22.6. The van der Waals surface area contributed by atoms with Crippen molar-refractivity contribution < 1.29 is 24.6 Å². The Balaban J connectivity index is 1.67. The van der Waals surface area contributed by atoms with Gasteiger partial charge in [-0.15, -0.1) is 0 Å². The zero-order chi connectivity index (χ0) is 23.7. The third kappa shape index (κ3) is 4.65. The van der Waals surface area contributed by atoms with Crippen LogP contribution in [0.5, 0.6) is 0 Å². The van der Waals surface area contributed by atoms with Crippen molar-refractivity contribution in [1.29, 1.82) is 0 Å². The number of aliphatic carboxylic acids is 2. The van der Waals surface area contributed by atoms with Gasteiger partial charge in [0, 0.05) is 30.1 Å². The molecule has 1 saturated carbocycles. The molecule has 0 saturated heterocycles. The van der Waals surface area contributed by atoms with Gasteiger partial charge in [-0.05, 0) is 42.9 Å². The molecule has 8 nitrogen and oxygen atoms in total. The second-order valence-corrected chi connectivity index (χ2v) is 9.65. The van der Waals surface area contributed by atoms with E-state index in [1.165, 1.54) is 0 Å². The summed E-state index contributed by atoms with van der Waals surface area (Å²) >= 11 is 5.90. The van der Waals surface area contributed by atoms with Crippen molar-refractivity contribution in [1.82, 2.24) is 14.9 Å². The van der Waals surface area contributed by atoms with Gasteiger partial charge in [0.2, 0.25) is 5.91 Å². The number of carboxylic acid groups (broad SMARTS) is 2. The minimum atomic E-state index is -1.16. The van der Waals surface area contributed by atoms with E-state index in [1.54, 1.807) is 45.4 Å². The quantitative estimate of drug-likeness (QED) is 0.554. The first kappa shape index (κ1) is 23.8. The molecule has 1 aliphatic carbocycles. The first-order chi connectivity index (χ1) is 14.9. The Morgan fingerprint density at radius 1 is 1.22 bits per heavy atom. The van der Waals surface area contributed by atoms with E-state index in [1.807, 2.05) is 16.7 Å². The molecule has 1 amide bonds. The SMILES string of the molecule is CC1(C(=O)O)CCC(C(=O)N[C@@H](Cc2cn(Cc3ccc(Cl)cc3)cn2)C(=O)O)C1(C)C. The highest BCUT2D eigenvalue weighted by molar-refractivity contribution is 6.30. The largest absolute Gasteiger partial charge is 0.481 e. The first-order valence-electron chi connectivity index (χ1n) is 10.5. The maximum Gasteiger partial charge on any atom is 0.326 e. The van der Waals surface area contributed by atoms with E-state index in [4.69, 9.17) is 11.6 Å². The predicted molar refractivity (Wildman–Crippen MR) is 118 cm³/mol. The molecule has 1 fully saturated rings. The smallest absolute Gasteiger partial charge is 0.326 e. The lowest BCUT2D eigenvalue weighted by Gasteiger charge is -2.38. The van der Waals surface area contributed by atoms with Crippen molar-refractivity contribution in [2.45, 2.75) is 52.6 Å². The molecule has 9 heteroatoms. The van der Waals surface area contributed by atoms with Crippen LogP contribution in [0.15, 0.2) is 36.8 Å². The minimum Gasteiger partial charge on any atom is -0.481 e. The van der Waals surface area contributed by atoms with Crippen LogP contribution in [0.25, 0.3) is 0 Å². The molecule has 32 heavy (non-hydrogen) atoms. The topological polar surface area (TPSA) is 122 Å². The van der Waals surface area contributed by atoms with Crippen molar-refractivity contribution in [3.8, 4) is 0 Å². The van der Waals surface area contributed by atoms with Gasteiger partial charge >= 0.3 is 11.9 Å². The van der Waals surface area contributed by atoms with E-state index in [-0.39, 0.29) is 6.42 Å². The molecule has 0 radical (unpaired) electrons. The summed E-state index contributed by atoms with van der Waals surface area (Å²) in [5.74, 6) is -3.14. The van der Waals surface area contributed by atoms with Crippen molar-refractivity contribution in [3.05, 3.63) is 53.1 Å². The molecule has 172 valence electrons. The molecule has 1 aromatic heterocycles. The highest BCUT2D eigenvalue weighted by Gasteiger charge is 2.58. The Kier molecular flexibility index (Phi) is 6.64. The first-order valence-corrected chi connectivity index (χ1v) is 10.8. The molecular weight excluding hydrogens is 434 g/mol. The number of nitrogens with zero attached hydrogens (tertiary/aromatic N) is 2. The summed E-state index contributed by atoms with van der Waals surface area (Å²) in [4.78, 5) is 40.8. The van der Waals surface area contributed by atoms with Crippen molar-refractivity contribution in [3.63, 3.8) is 0 Å². The number of amides is 1. The molecule has 0 bridgehead atoms. The van der Waals surface area contributed by atoms with Gasteiger partial charge in [-0.2, -0.15) is 0 Å². The number of imidazole rings is 1. The van der Waals surface area contributed by atoms with Crippen LogP contribution in [-0.4, -0.2) is 43.7 Å². The second kappa shape index (κ2) is 8.94. The van der Waals surface area contributed by atoms with E-state index in [9.17, 15) is 24.6 Å². The molecule has 2 aromatic rings. The van der Waals surface area contributed by atoms with Crippen LogP contribution >= 0.6 is 11.6 Å². The number of carbonyl (C=O) groups excluding carboxylic acids is 1. The molecular formula is C23H28ClN3O5. The number of nitrogens with one attached hydrogen (secondary N) is 1. The van der Waals surface area contributed by atoms with Gasteiger partial charge < -0.3 is 20.1 Å². The third-order valence-corrected chi connectivity index (χ3v) is 7.26. The van der Waals surface area contributed by atoms with E-state index in [0.29, 0.717) is 30.1 Å². The molecule has 0 aliphatic heterocycles. The van der Waals surface area contributed by atoms with Crippen LogP contribution in [0.4, 0.5) is 0 Å². The van der Waals surface area contributed by atoms with Gasteiger partial charge in [-0.25, -0.2) is 9.78 Å². The standard InChI is InChI=1S/C23H28ClN3O5/c1-22(2)17(8-9-23(22,3)21(31)32)19(28)26-18(20(29)30)10-16-12-27(13-25-16)11-14-4-6-15(24)7-5-14/h4-7,12-13,17-18H,8-11H2,1-3H3,(H,26,28)(H,29,30)(H,31,32)/t17?,18-,23?/m0/s1. The summed E-state index contributed by atoms with van der Waals surface area (Å²) in [6, 6.07) is 6.23. The van der Waals surface area contributed by atoms with E-state index in [2.05, 4.69) is 10.3 Å². The molecule has 1 heterocycles. The average Bonchev–Trinajstić information content (AvgIpc) is 3.25. The van der Waals surface area contributed by atoms with Crippen LogP contribution in [-0.2, 0) is 27.3 Å². The van der Waals surface area contributed by atoms with Crippen molar-refractivity contribution in [2.75, 3.05) is 0 Å². The highest BCUT2D eigenvalue weighted by atomic mass is 35.5. The fourth-order valence-corrected chi connectivity index (χ4v) is 4.55. The monoisotopic (exact) mass is 461 g/mol. The zero-order valence-electron chi connectivity index (χ0n) is 18.3. The number of rotatable bonds is 8. The van der Waals surface area contributed by atoms with Crippen LogP contribution in [0, 0.1) is 16.7 Å². The number of hydrogen-bond acceptors (Lipinski definition) is 4. The van der Waals surface area contributed by atoms with Gasteiger partial charge in [-0.3, -0.25) is 9.59 Å². The summed E-state index contributed by atoms with van der Waals surface area (Å²) in [5.41, 5.74) is -0.306. The molecule has 3 rings (SSSR count). The third-order valence-electron chi connectivity index (χ3n) is 7.01. The zero-order valence-corrected chi connectivity index (χ0v) is 19.1. The van der Waals surface area contributed by atoms with E-state index < -0.39 is 40.6 Å². The number of carboxylic acids is 2. The van der Waals surface area contributed by atoms with Gasteiger partial charge in [0.15, 0.2) is 0 Å². The number of aromatic nitrogens is 2. The molecule has 3 atom stereocenters. The fraction of sp³-hybridized carbons (Fsp3) is 0.478. The Labute approximate surface area is 191 Å². The summed E-state index contributed by atoms with van der Waals surface area (Å²) < 4.78 is 1.83. The Bertz CT molecular complexity index is 1020. The van der Waals surface area contributed by atoms with Gasteiger partial charge in [-0.1, -0.05) is 37.6 Å². The van der Waals surface area contributed by atoms with Crippen molar-refractivity contribution in [2.24, 2.45) is 16.7 Å². The number of benzene rings is 1. The number of hydrogen-bond donors (Lipinski definition) is 3. The normalized spacial score (nSPS) is 22.9. The van der Waals surface area contributed by atoms with E-state index in [0.717, 1.165) is 5.56 Å². The van der Waals surface area contributed by atoms with Gasteiger partial charge in [0.25, 0.3) is 0 Å². The minimum absolute atomic E-state index is 0.0258. The van der Waals surface area contributed by atoms with Crippen LogP contribution in [0.3, 0.4) is 0 Å². The summed E-state index contributed by atoms with van der Waals surface area (Å²) in [6.45, 7) is 5.71. The van der Waals surface area contributed by atoms with Crippen LogP contribution in [0.2, 0.25) is 5.02 Å². The number of carbonyl (C=O) groups is 3. The molecule has 1 aromatic carbocycles. The summed E-state index contributed by atoms with van der Waals surface area (Å²) in [6.07, 6.45) is 4.14. The molecule has 3 N–H and O–H groups in total. The van der Waals surface area contributed by atoms with Crippen molar-refractivity contribution >= 4 is 29.4 Å². The fourth-order valence-electron chi connectivity index (χ4n) is 4.42. The second-order valence-electron chi connectivity index (χ2n) is 9.22. The maximum absolute atomic E-state index is 12.9. The molecule has 0 spiro atoms. The van der Waals surface area contributed by atoms with E-state index >= 15 is 0 Å². The number of halogens is 1. The summed E-state index contributed by atoms with van der Waals surface area (Å²) in [7, 11) is 0. The van der Waals surface area contributed by atoms with Gasteiger partial charge in [0.05, 0.1) is 17.4 Å². The lowest BCUT2D eigenvalue weighted by atomic mass is 9.65. The molecule has 1 aliphatic rings. The highest BCUT2D eigenvalue weighted by Crippen LogP contribution is 2.56. The van der Waals surface area contributed by atoms with Gasteiger partial charge in [0.1, 0.15) is 6.04 Å².